The first-order valence-corrected chi connectivity index (χ1v) is 14.2. The van der Waals surface area contributed by atoms with Gasteiger partial charge in [0, 0.05) is 38.8 Å². The molecule has 1 aliphatic carbocycles. The summed E-state index contributed by atoms with van der Waals surface area (Å²) in [6.07, 6.45) is 3.84. The predicted molar refractivity (Wildman–Crippen MR) is 170 cm³/mol. The Balaban J connectivity index is 1.68. The Morgan fingerprint density at radius 1 is 0.561 bits per heavy atom. The Hall–Kier alpha value is -5.15. The van der Waals surface area contributed by atoms with Gasteiger partial charge in [-0.3, -0.25) is 4.98 Å². The van der Waals surface area contributed by atoms with Crippen LogP contribution in [-0.4, -0.2) is 14.1 Å². The van der Waals surface area contributed by atoms with Crippen molar-refractivity contribution in [2.45, 2.75) is 19.3 Å². The van der Waals surface area contributed by atoms with E-state index in [0.717, 1.165) is 11.4 Å². The summed E-state index contributed by atoms with van der Waals surface area (Å²) in [7, 11) is 0. The summed E-state index contributed by atoms with van der Waals surface area (Å²) >= 11 is 0. The van der Waals surface area contributed by atoms with E-state index >= 15 is 0 Å². The van der Waals surface area contributed by atoms with Crippen molar-refractivity contribution in [3.05, 3.63) is 139 Å². The van der Waals surface area contributed by atoms with E-state index in [1.807, 2.05) is 18.5 Å². The first-order chi connectivity index (χ1) is 20.2. The zero-order valence-corrected chi connectivity index (χ0v) is 23.0. The van der Waals surface area contributed by atoms with Crippen molar-refractivity contribution >= 4 is 43.6 Å². The van der Waals surface area contributed by atoms with E-state index in [0.29, 0.717) is 0 Å². The second-order valence-electron chi connectivity index (χ2n) is 11.6. The molecule has 3 nitrogen and oxygen atoms in total. The number of aromatic nitrogens is 3. The summed E-state index contributed by atoms with van der Waals surface area (Å²) in [6, 6.07) is 41.8. The van der Waals surface area contributed by atoms with Gasteiger partial charge in [0.1, 0.15) is 0 Å². The maximum absolute atomic E-state index is 4.56. The van der Waals surface area contributed by atoms with Crippen LogP contribution in [0.5, 0.6) is 0 Å². The van der Waals surface area contributed by atoms with E-state index in [1.54, 1.807) is 0 Å². The molecule has 5 aromatic carbocycles. The van der Waals surface area contributed by atoms with Gasteiger partial charge in [0.15, 0.2) is 0 Å². The van der Waals surface area contributed by atoms with Gasteiger partial charge < -0.3 is 9.13 Å². The Morgan fingerprint density at radius 3 is 1.88 bits per heavy atom. The van der Waals surface area contributed by atoms with Crippen LogP contribution in [0.15, 0.2) is 128 Å². The Kier molecular flexibility index (Phi) is 4.39. The molecule has 41 heavy (non-hydrogen) atoms. The van der Waals surface area contributed by atoms with E-state index in [9.17, 15) is 0 Å². The third-order valence-corrected chi connectivity index (χ3v) is 9.14. The van der Waals surface area contributed by atoms with Gasteiger partial charge in [0.2, 0.25) is 0 Å². The number of benzene rings is 5. The predicted octanol–water partition coefficient (Wildman–Crippen LogP) is 9.58. The number of hydrogen-bond acceptors (Lipinski definition) is 1. The highest BCUT2D eigenvalue weighted by Crippen LogP contribution is 2.58. The highest BCUT2D eigenvalue weighted by Gasteiger charge is 2.41. The number of fused-ring (bicyclic) bond motifs is 12. The zero-order chi connectivity index (χ0) is 27.3. The minimum absolute atomic E-state index is 0.165. The summed E-state index contributed by atoms with van der Waals surface area (Å²) < 4.78 is 4.92. The van der Waals surface area contributed by atoms with Gasteiger partial charge in [-0.15, -0.1) is 0 Å². The number of hydrogen-bond donors (Lipinski definition) is 0. The maximum Gasteiger partial charge on any atom is 0.0795 e. The molecule has 3 aromatic heterocycles. The van der Waals surface area contributed by atoms with E-state index in [2.05, 4.69) is 137 Å². The largest absolute Gasteiger partial charge is 0.307 e. The molecule has 1 aliphatic rings. The van der Waals surface area contributed by atoms with E-state index in [1.165, 1.54) is 65.9 Å². The average molecular weight is 526 g/mol. The summed E-state index contributed by atoms with van der Waals surface area (Å²) in [5.74, 6) is 0. The van der Waals surface area contributed by atoms with Crippen LogP contribution < -0.4 is 0 Å². The molecule has 9 rings (SSSR count). The van der Waals surface area contributed by atoms with Crippen LogP contribution in [0.1, 0.15) is 25.0 Å². The molecule has 0 unspecified atom stereocenters. The van der Waals surface area contributed by atoms with Gasteiger partial charge in [0.05, 0.1) is 34.0 Å². The van der Waals surface area contributed by atoms with Crippen molar-refractivity contribution in [2.75, 3.05) is 0 Å². The van der Waals surface area contributed by atoms with Crippen molar-refractivity contribution < 1.29 is 0 Å². The first-order valence-electron chi connectivity index (χ1n) is 14.2. The minimum Gasteiger partial charge on any atom is -0.307 e. The molecule has 0 bridgehead atoms. The van der Waals surface area contributed by atoms with Crippen molar-refractivity contribution in [2.24, 2.45) is 0 Å². The summed E-state index contributed by atoms with van der Waals surface area (Å²) in [5, 5.41) is 5.20. The molecule has 0 spiro atoms. The Labute approximate surface area is 237 Å². The fourth-order valence-electron chi connectivity index (χ4n) is 7.56. The molecular weight excluding hydrogens is 498 g/mol. The molecule has 0 aliphatic heterocycles. The van der Waals surface area contributed by atoms with Crippen molar-refractivity contribution in [3.63, 3.8) is 0 Å². The lowest BCUT2D eigenvalue weighted by Crippen LogP contribution is -2.15. The van der Waals surface area contributed by atoms with Gasteiger partial charge in [-0.05, 0) is 58.7 Å². The highest BCUT2D eigenvalue weighted by atomic mass is 15.0. The summed E-state index contributed by atoms with van der Waals surface area (Å²) in [6.45, 7) is 4.80. The monoisotopic (exact) mass is 525 g/mol. The molecular formula is C38H27N3. The molecule has 3 heterocycles. The smallest absolute Gasteiger partial charge is 0.0795 e. The van der Waals surface area contributed by atoms with Gasteiger partial charge in [-0.1, -0.05) is 92.7 Å². The summed E-state index contributed by atoms with van der Waals surface area (Å²) in [5.41, 5.74) is 12.4. The van der Waals surface area contributed by atoms with Gasteiger partial charge in [-0.25, -0.2) is 0 Å². The maximum atomic E-state index is 4.56. The molecule has 8 aromatic rings. The summed E-state index contributed by atoms with van der Waals surface area (Å²) in [4.78, 5) is 4.56. The number of nitrogens with zero attached hydrogens (tertiary/aromatic N) is 3. The first kappa shape index (κ1) is 22.6. The average Bonchev–Trinajstić information content (AvgIpc) is 3.62. The third-order valence-electron chi connectivity index (χ3n) is 9.14. The lowest BCUT2D eigenvalue weighted by molar-refractivity contribution is 0.667. The molecule has 3 heteroatoms. The molecule has 0 saturated carbocycles. The van der Waals surface area contributed by atoms with Crippen LogP contribution in [0, 0.1) is 0 Å². The second kappa shape index (κ2) is 7.96. The molecule has 0 saturated heterocycles. The van der Waals surface area contributed by atoms with Crippen molar-refractivity contribution in [1.82, 2.24) is 14.1 Å². The van der Waals surface area contributed by atoms with Crippen LogP contribution in [0.3, 0.4) is 0 Å². The minimum atomic E-state index is -0.165. The molecule has 0 N–H and O–H groups in total. The number of rotatable bonds is 2. The fraction of sp³-hybridized carbons (Fsp3) is 0.0789. The standard InChI is InChI=1S/C38H27N3/c1-38(2)29-19-9-6-16-26(29)32-33-27-17-7-10-20-30(27)41(25-15-12-22-39-23-25)36(33)37-34(35(32)38)28-18-8-11-21-31(28)40(37)24-13-4-3-5-14-24/h3-23H,1-2H3. The van der Waals surface area contributed by atoms with Gasteiger partial charge in [-0.2, -0.15) is 0 Å². The lowest BCUT2D eigenvalue weighted by atomic mass is 9.80. The number of pyridine rings is 1. The van der Waals surface area contributed by atoms with Crippen LogP contribution in [0.25, 0.3) is 66.1 Å². The zero-order valence-electron chi connectivity index (χ0n) is 23.0. The van der Waals surface area contributed by atoms with Gasteiger partial charge >= 0.3 is 0 Å². The van der Waals surface area contributed by atoms with E-state index in [4.69, 9.17) is 0 Å². The molecule has 0 radical (unpaired) electrons. The Bertz CT molecular complexity index is 2320. The van der Waals surface area contributed by atoms with E-state index < -0.39 is 0 Å². The third kappa shape index (κ3) is 2.80. The number of para-hydroxylation sites is 3. The lowest BCUT2D eigenvalue weighted by Gasteiger charge is -2.23. The van der Waals surface area contributed by atoms with Crippen LogP contribution >= 0.6 is 0 Å². The molecule has 0 fully saturated rings. The second-order valence-corrected chi connectivity index (χ2v) is 11.6. The van der Waals surface area contributed by atoms with Crippen LogP contribution in [0.4, 0.5) is 0 Å². The molecule has 0 atom stereocenters. The van der Waals surface area contributed by atoms with Crippen LogP contribution in [0.2, 0.25) is 0 Å². The van der Waals surface area contributed by atoms with Crippen molar-refractivity contribution in [3.8, 4) is 22.5 Å². The fourth-order valence-corrected chi connectivity index (χ4v) is 7.56. The SMILES string of the molecule is CC1(C)c2ccccc2-c2c1c1c3ccccc3n(-c3ccccc3)c1c1c2c2ccccc2n1-c1cccnc1. The molecule has 0 amide bonds. The Morgan fingerprint density at radius 2 is 1.15 bits per heavy atom. The quantitative estimate of drug-likeness (QED) is 0.220. The topological polar surface area (TPSA) is 22.8 Å². The van der Waals surface area contributed by atoms with Crippen LogP contribution in [-0.2, 0) is 5.41 Å². The van der Waals surface area contributed by atoms with E-state index in [-0.39, 0.29) is 5.41 Å². The highest BCUT2D eigenvalue weighted by molar-refractivity contribution is 6.30. The normalized spacial score (nSPS) is 13.8. The van der Waals surface area contributed by atoms with Crippen molar-refractivity contribution in [1.29, 1.82) is 0 Å². The molecule has 194 valence electrons. The van der Waals surface area contributed by atoms with Gasteiger partial charge in [0.25, 0.3) is 0 Å².